The van der Waals surface area contributed by atoms with E-state index in [1.165, 1.54) is 0 Å². The van der Waals surface area contributed by atoms with Crippen LogP contribution in [0.2, 0.25) is 0 Å². The molecule has 0 radical (unpaired) electrons. The number of nitrogens with zero attached hydrogens (tertiary/aromatic N) is 5. The minimum Gasteiger partial charge on any atom is -0.390 e. The maximum absolute atomic E-state index is 10.3. The van der Waals surface area contributed by atoms with Crippen LogP contribution in [0.4, 0.5) is 11.6 Å². The molecule has 4 rings (SSSR count). The summed E-state index contributed by atoms with van der Waals surface area (Å²) in [7, 11) is 0. The number of rotatable bonds is 4. The highest BCUT2D eigenvalue weighted by atomic mass is 16.3. The maximum atomic E-state index is 10.3. The summed E-state index contributed by atoms with van der Waals surface area (Å²) in [6, 6.07) is 10.0. The zero-order chi connectivity index (χ0) is 22.2. The van der Waals surface area contributed by atoms with Crippen molar-refractivity contribution >= 4 is 22.4 Å². The first kappa shape index (κ1) is 21.0. The molecule has 31 heavy (non-hydrogen) atoms. The number of fused-ring (bicyclic) bond motifs is 1. The molecule has 160 valence electrons. The predicted molar refractivity (Wildman–Crippen MR) is 122 cm³/mol. The Labute approximate surface area is 182 Å². The number of benzene rings is 1. The molecule has 7 heteroatoms. The third kappa shape index (κ3) is 4.17. The lowest BCUT2D eigenvalue weighted by molar-refractivity contribution is 0.0350. The molecule has 7 nitrogen and oxygen atoms in total. The van der Waals surface area contributed by atoms with Gasteiger partial charge in [0.25, 0.3) is 0 Å². The molecule has 3 heterocycles. The average Bonchev–Trinajstić information content (AvgIpc) is 2.75. The van der Waals surface area contributed by atoms with Crippen LogP contribution in [0.25, 0.3) is 10.8 Å². The number of pyridine rings is 1. The second-order valence-electron chi connectivity index (χ2n) is 8.70. The summed E-state index contributed by atoms with van der Waals surface area (Å²) in [6.07, 6.45) is 3.30. The van der Waals surface area contributed by atoms with Crippen molar-refractivity contribution in [3.05, 3.63) is 52.8 Å². The number of nitriles is 1. The molecule has 0 amide bonds. The number of anilines is 2. The standard InChI is InChI=1S/C24H28N6O/c1-15-18(13-25)6-5-7-19(15)16(2)27-23-20-12-22(26-14-21(20)17(3)28-29-23)30-10-8-24(4,31)9-11-30/h5-7,12,14,16,31H,8-11H2,1-4H3,(H,27,29)/t16-/m1/s1. The van der Waals surface area contributed by atoms with Gasteiger partial charge >= 0.3 is 0 Å². The van der Waals surface area contributed by atoms with Gasteiger partial charge in [-0.25, -0.2) is 4.98 Å². The molecule has 0 saturated carbocycles. The number of aryl methyl sites for hydroxylation is 1. The molecule has 1 fully saturated rings. The van der Waals surface area contributed by atoms with Crippen LogP contribution in [0.5, 0.6) is 0 Å². The average molecular weight is 417 g/mol. The van der Waals surface area contributed by atoms with Gasteiger partial charge in [-0.1, -0.05) is 12.1 Å². The van der Waals surface area contributed by atoms with E-state index in [9.17, 15) is 10.4 Å². The molecule has 0 bridgehead atoms. The first-order valence-electron chi connectivity index (χ1n) is 10.7. The van der Waals surface area contributed by atoms with Gasteiger partial charge in [-0.15, -0.1) is 5.10 Å². The smallest absolute Gasteiger partial charge is 0.157 e. The summed E-state index contributed by atoms with van der Waals surface area (Å²) < 4.78 is 0. The van der Waals surface area contributed by atoms with Crippen LogP contribution < -0.4 is 10.2 Å². The minimum absolute atomic E-state index is 0.0461. The largest absolute Gasteiger partial charge is 0.390 e. The summed E-state index contributed by atoms with van der Waals surface area (Å²) in [4.78, 5) is 6.88. The lowest BCUT2D eigenvalue weighted by Gasteiger charge is -2.36. The molecule has 0 aliphatic carbocycles. The van der Waals surface area contributed by atoms with Crippen molar-refractivity contribution in [2.24, 2.45) is 0 Å². The molecule has 1 atom stereocenters. The number of piperidine rings is 1. The normalized spacial score (nSPS) is 16.7. The van der Waals surface area contributed by atoms with E-state index < -0.39 is 5.60 Å². The van der Waals surface area contributed by atoms with E-state index in [0.29, 0.717) is 11.4 Å². The van der Waals surface area contributed by atoms with Crippen molar-refractivity contribution in [1.29, 1.82) is 5.26 Å². The molecule has 2 N–H and O–H groups in total. The van der Waals surface area contributed by atoms with Gasteiger partial charge in [0.1, 0.15) is 5.82 Å². The molecule has 3 aromatic rings. The number of hydrogen-bond donors (Lipinski definition) is 2. The Balaban J connectivity index is 1.68. The van der Waals surface area contributed by atoms with E-state index in [4.69, 9.17) is 0 Å². The summed E-state index contributed by atoms with van der Waals surface area (Å²) in [5, 5.41) is 33.8. The Bertz CT molecular complexity index is 1160. The topological polar surface area (TPSA) is 98.0 Å². The Morgan fingerprint density at radius 1 is 1.19 bits per heavy atom. The molecular weight excluding hydrogens is 388 g/mol. The summed E-state index contributed by atoms with van der Waals surface area (Å²) in [6.45, 7) is 9.39. The monoisotopic (exact) mass is 416 g/mol. The van der Waals surface area contributed by atoms with Gasteiger partial charge in [0, 0.05) is 30.1 Å². The third-order valence-corrected chi connectivity index (χ3v) is 6.31. The fourth-order valence-corrected chi connectivity index (χ4v) is 4.18. The summed E-state index contributed by atoms with van der Waals surface area (Å²) in [5.74, 6) is 1.58. The first-order chi connectivity index (χ1) is 14.8. The van der Waals surface area contributed by atoms with Crippen molar-refractivity contribution < 1.29 is 5.11 Å². The summed E-state index contributed by atoms with van der Waals surface area (Å²) in [5.41, 5.74) is 2.93. The number of aromatic nitrogens is 3. The van der Waals surface area contributed by atoms with Gasteiger partial charge in [-0.2, -0.15) is 10.4 Å². The predicted octanol–water partition coefficient (Wildman–Crippen LogP) is 4.04. The third-order valence-electron chi connectivity index (χ3n) is 6.31. The van der Waals surface area contributed by atoms with Crippen molar-refractivity contribution in [2.45, 2.75) is 52.2 Å². The van der Waals surface area contributed by atoms with Crippen LogP contribution >= 0.6 is 0 Å². The van der Waals surface area contributed by atoms with Gasteiger partial charge in [0.05, 0.1) is 29.0 Å². The SMILES string of the molecule is Cc1c(C#N)cccc1[C@@H](C)Nc1nnc(C)c2cnc(N3CCC(C)(O)CC3)cc12. The molecule has 1 saturated heterocycles. The van der Waals surface area contributed by atoms with E-state index in [1.807, 2.05) is 45.2 Å². The van der Waals surface area contributed by atoms with Crippen LogP contribution in [0.1, 0.15) is 55.1 Å². The fraction of sp³-hybridized carbons (Fsp3) is 0.417. The number of hydrogen-bond acceptors (Lipinski definition) is 7. The summed E-state index contributed by atoms with van der Waals surface area (Å²) >= 11 is 0. The van der Waals surface area contributed by atoms with Gasteiger partial charge in [-0.3, -0.25) is 0 Å². The Morgan fingerprint density at radius 2 is 1.94 bits per heavy atom. The quantitative estimate of drug-likeness (QED) is 0.662. The van der Waals surface area contributed by atoms with Crippen molar-refractivity contribution in [3.8, 4) is 6.07 Å². The zero-order valence-electron chi connectivity index (χ0n) is 18.5. The van der Waals surface area contributed by atoms with Crippen LogP contribution in [0, 0.1) is 25.2 Å². The molecule has 2 aromatic heterocycles. The Hall–Kier alpha value is -3.24. The van der Waals surface area contributed by atoms with Crippen molar-refractivity contribution in [2.75, 3.05) is 23.3 Å². The van der Waals surface area contributed by atoms with Crippen LogP contribution in [0.15, 0.2) is 30.5 Å². The maximum Gasteiger partial charge on any atom is 0.157 e. The highest BCUT2D eigenvalue weighted by molar-refractivity contribution is 5.94. The van der Waals surface area contributed by atoms with Crippen LogP contribution in [-0.2, 0) is 0 Å². The second-order valence-corrected chi connectivity index (χ2v) is 8.70. The molecule has 1 aliphatic heterocycles. The lowest BCUT2D eigenvalue weighted by Crippen LogP contribution is -2.42. The first-order valence-corrected chi connectivity index (χ1v) is 10.7. The molecular formula is C24H28N6O. The highest BCUT2D eigenvalue weighted by Gasteiger charge is 2.28. The molecule has 0 spiro atoms. The molecule has 1 aromatic carbocycles. The molecule has 0 unspecified atom stereocenters. The van der Waals surface area contributed by atoms with Crippen LogP contribution in [0.3, 0.4) is 0 Å². The van der Waals surface area contributed by atoms with Crippen molar-refractivity contribution in [3.63, 3.8) is 0 Å². The van der Waals surface area contributed by atoms with E-state index in [0.717, 1.165) is 59.3 Å². The van der Waals surface area contributed by atoms with Gasteiger partial charge in [0.15, 0.2) is 5.82 Å². The van der Waals surface area contributed by atoms with E-state index >= 15 is 0 Å². The number of nitrogens with one attached hydrogen (secondary N) is 1. The van der Waals surface area contributed by atoms with Crippen molar-refractivity contribution in [1.82, 2.24) is 15.2 Å². The Kier molecular flexibility index (Phi) is 5.50. The fourth-order valence-electron chi connectivity index (χ4n) is 4.18. The van der Waals surface area contributed by atoms with Gasteiger partial charge in [-0.05, 0) is 63.8 Å². The highest BCUT2D eigenvalue weighted by Crippen LogP contribution is 2.31. The minimum atomic E-state index is -0.604. The van der Waals surface area contributed by atoms with Gasteiger partial charge < -0.3 is 15.3 Å². The van der Waals surface area contributed by atoms with Crippen LogP contribution in [-0.4, -0.2) is 39.0 Å². The number of aliphatic hydroxyl groups is 1. The zero-order valence-corrected chi connectivity index (χ0v) is 18.5. The second kappa shape index (κ2) is 8.12. The van der Waals surface area contributed by atoms with E-state index in [2.05, 4.69) is 44.5 Å². The molecule has 1 aliphatic rings. The van der Waals surface area contributed by atoms with E-state index in [-0.39, 0.29) is 6.04 Å². The van der Waals surface area contributed by atoms with E-state index in [1.54, 1.807) is 0 Å². The lowest BCUT2D eigenvalue weighted by atomic mass is 9.94. The van der Waals surface area contributed by atoms with Gasteiger partial charge in [0.2, 0.25) is 0 Å². The Morgan fingerprint density at radius 3 is 2.65 bits per heavy atom.